The van der Waals surface area contributed by atoms with Crippen LogP contribution in [0.25, 0.3) is 0 Å². The van der Waals surface area contributed by atoms with Crippen molar-refractivity contribution in [2.75, 3.05) is 10.2 Å². The fourth-order valence-electron chi connectivity index (χ4n) is 6.02. The van der Waals surface area contributed by atoms with Crippen LogP contribution in [0.5, 0.6) is 0 Å². The van der Waals surface area contributed by atoms with Crippen LogP contribution >= 0.6 is 11.8 Å². The van der Waals surface area contributed by atoms with E-state index in [0.29, 0.717) is 0 Å². The highest BCUT2D eigenvalue weighted by molar-refractivity contribution is 8.01. The van der Waals surface area contributed by atoms with Gasteiger partial charge in [0.05, 0.1) is 5.69 Å². The molecule has 0 bridgehead atoms. The standard InChI is InChI=1S/C27H26N2OS/c1-17-14-19-23-20(15-17)27(28-21-12-8-9-13-22(21)31-27)24(30)29(23)25(2,3)16-26(19,4)18-10-6-5-7-11-18/h5-15,28H,16H2,1-4H3/t26-,27+/m0/s1. The topological polar surface area (TPSA) is 32.3 Å². The largest absolute Gasteiger partial charge is 0.358 e. The van der Waals surface area contributed by atoms with Gasteiger partial charge in [-0.15, -0.1) is 0 Å². The minimum absolute atomic E-state index is 0.149. The number of aryl methyl sites for hydroxylation is 1. The lowest BCUT2D eigenvalue weighted by Gasteiger charge is -2.50. The molecule has 31 heavy (non-hydrogen) atoms. The smallest absolute Gasteiger partial charge is 0.268 e. The Morgan fingerprint density at radius 3 is 2.35 bits per heavy atom. The second kappa shape index (κ2) is 5.95. The lowest BCUT2D eigenvalue weighted by Crippen LogP contribution is -2.56. The van der Waals surface area contributed by atoms with Crippen LogP contribution in [0.2, 0.25) is 0 Å². The van der Waals surface area contributed by atoms with Gasteiger partial charge in [-0.05, 0) is 50.5 Å². The van der Waals surface area contributed by atoms with E-state index < -0.39 is 4.87 Å². The molecule has 1 amide bonds. The Morgan fingerprint density at radius 2 is 1.61 bits per heavy atom. The average molecular weight is 427 g/mol. The molecule has 3 aromatic carbocycles. The van der Waals surface area contributed by atoms with Crippen molar-refractivity contribution in [1.82, 2.24) is 0 Å². The molecular formula is C27H26N2OS. The maximum absolute atomic E-state index is 14.2. The summed E-state index contributed by atoms with van der Waals surface area (Å²) in [5.41, 5.74) is 6.53. The van der Waals surface area contributed by atoms with Gasteiger partial charge in [0, 0.05) is 27.1 Å². The van der Waals surface area contributed by atoms with Crippen LogP contribution in [0, 0.1) is 6.92 Å². The number of hydrogen-bond donors (Lipinski definition) is 1. The SMILES string of the molecule is Cc1cc2c3c(c1)[C@]1(Nc4ccccc4S1)C(=O)N3C(C)(C)C[C@@]2(C)c1ccccc1. The molecule has 3 heterocycles. The third kappa shape index (κ3) is 2.34. The number of fused-ring (bicyclic) bond motifs is 2. The van der Waals surface area contributed by atoms with E-state index in [9.17, 15) is 4.79 Å². The number of nitrogens with zero attached hydrogens (tertiary/aromatic N) is 1. The second-order valence-corrected chi connectivity index (χ2v) is 11.2. The summed E-state index contributed by atoms with van der Waals surface area (Å²) in [6.07, 6.45) is 0.874. The summed E-state index contributed by atoms with van der Waals surface area (Å²) >= 11 is 1.66. The number of carbonyl (C=O) groups excluding carboxylic acids is 1. The molecule has 4 heteroatoms. The molecule has 3 nitrogen and oxygen atoms in total. The molecule has 1 N–H and O–H groups in total. The molecule has 0 saturated carbocycles. The monoisotopic (exact) mass is 426 g/mol. The molecule has 6 rings (SSSR count). The van der Waals surface area contributed by atoms with E-state index in [-0.39, 0.29) is 16.9 Å². The van der Waals surface area contributed by atoms with E-state index in [1.807, 2.05) is 12.1 Å². The molecule has 0 saturated heterocycles. The van der Waals surface area contributed by atoms with E-state index in [1.54, 1.807) is 11.8 Å². The minimum atomic E-state index is -0.793. The summed E-state index contributed by atoms with van der Waals surface area (Å²) in [6.45, 7) is 8.92. The Labute approximate surface area is 187 Å². The van der Waals surface area contributed by atoms with Crippen LogP contribution in [0.3, 0.4) is 0 Å². The normalized spacial score (nSPS) is 27.2. The highest BCUT2D eigenvalue weighted by Crippen LogP contribution is 2.63. The van der Waals surface area contributed by atoms with Crippen LogP contribution in [0.4, 0.5) is 11.4 Å². The molecule has 3 aliphatic heterocycles. The van der Waals surface area contributed by atoms with Gasteiger partial charge in [0.25, 0.3) is 5.91 Å². The van der Waals surface area contributed by atoms with Crippen molar-refractivity contribution in [1.29, 1.82) is 0 Å². The summed E-state index contributed by atoms with van der Waals surface area (Å²) in [5.74, 6) is 0.149. The van der Waals surface area contributed by atoms with E-state index in [2.05, 4.69) is 92.5 Å². The van der Waals surface area contributed by atoms with Gasteiger partial charge in [-0.25, -0.2) is 0 Å². The Morgan fingerprint density at radius 1 is 0.935 bits per heavy atom. The number of nitrogens with one attached hydrogen (secondary N) is 1. The Hall–Kier alpha value is -2.72. The summed E-state index contributed by atoms with van der Waals surface area (Å²) in [4.78, 5) is 16.6. The lowest BCUT2D eigenvalue weighted by molar-refractivity contribution is -0.120. The zero-order valence-electron chi connectivity index (χ0n) is 18.3. The van der Waals surface area contributed by atoms with Crippen molar-refractivity contribution < 1.29 is 4.79 Å². The molecule has 2 atom stereocenters. The van der Waals surface area contributed by atoms with Crippen LogP contribution in [0.15, 0.2) is 71.6 Å². The van der Waals surface area contributed by atoms with E-state index in [1.165, 1.54) is 16.7 Å². The van der Waals surface area contributed by atoms with Gasteiger partial charge < -0.3 is 10.2 Å². The average Bonchev–Trinajstić information content (AvgIpc) is 3.24. The molecule has 1 spiro atoms. The molecule has 0 radical (unpaired) electrons. The number of amides is 1. The maximum atomic E-state index is 14.2. The summed E-state index contributed by atoms with van der Waals surface area (Å²) in [6, 6.07) is 23.5. The van der Waals surface area contributed by atoms with Crippen molar-refractivity contribution in [2.24, 2.45) is 0 Å². The Bertz CT molecular complexity index is 1220. The lowest BCUT2D eigenvalue weighted by atomic mass is 9.65. The van der Waals surface area contributed by atoms with Gasteiger partial charge in [-0.1, -0.05) is 78.8 Å². The predicted molar refractivity (Wildman–Crippen MR) is 128 cm³/mol. The Balaban J connectivity index is 1.65. The number of carbonyl (C=O) groups is 1. The number of hydrogen-bond acceptors (Lipinski definition) is 3. The summed E-state index contributed by atoms with van der Waals surface area (Å²) < 4.78 is 0. The van der Waals surface area contributed by atoms with Gasteiger partial charge in [0.2, 0.25) is 0 Å². The van der Waals surface area contributed by atoms with Crippen molar-refractivity contribution in [3.63, 3.8) is 0 Å². The van der Waals surface area contributed by atoms with E-state index in [0.717, 1.165) is 28.3 Å². The molecule has 156 valence electrons. The highest BCUT2D eigenvalue weighted by atomic mass is 32.2. The third-order valence-corrected chi connectivity index (χ3v) is 8.60. The minimum Gasteiger partial charge on any atom is -0.358 e. The highest BCUT2D eigenvalue weighted by Gasteiger charge is 2.62. The summed E-state index contributed by atoms with van der Waals surface area (Å²) in [7, 11) is 0. The van der Waals surface area contributed by atoms with Crippen LogP contribution in [0.1, 0.15) is 49.4 Å². The second-order valence-electron chi connectivity index (χ2n) is 9.94. The van der Waals surface area contributed by atoms with Crippen LogP contribution < -0.4 is 10.2 Å². The van der Waals surface area contributed by atoms with Gasteiger partial charge in [-0.3, -0.25) is 4.79 Å². The van der Waals surface area contributed by atoms with Gasteiger partial charge in [0.15, 0.2) is 4.87 Å². The zero-order valence-corrected chi connectivity index (χ0v) is 19.1. The summed E-state index contributed by atoms with van der Waals surface area (Å²) in [5, 5.41) is 3.64. The van der Waals surface area contributed by atoms with E-state index in [4.69, 9.17) is 0 Å². The van der Waals surface area contributed by atoms with E-state index >= 15 is 0 Å². The number of rotatable bonds is 1. The van der Waals surface area contributed by atoms with Crippen LogP contribution in [-0.2, 0) is 15.1 Å². The molecule has 3 aliphatic rings. The molecule has 0 fully saturated rings. The van der Waals surface area contributed by atoms with Gasteiger partial charge in [-0.2, -0.15) is 0 Å². The van der Waals surface area contributed by atoms with Crippen LogP contribution in [-0.4, -0.2) is 11.4 Å². The van der Waals surface area contributed by atoms with Crippen molar-refractivity contribution in [3.05, 3.63) is 89.0 Å². The fraction of sp³-hybridized carbons (Fsp3) is 0.296. The van der Waals surface area contributed by atoms with Crippen molar-refractivity contribution in [3.8, 4) is 0 Å². The predicted octanol–water partition coefficient (Wildman–Crippen LogP) is 6.20. The number of anilines is 2. The zero-order chi connectivity index (χ0) is 21.6. The number of thioether (sulfide) groups is 1. The quantitative estimate of drug-likeness (QED) is 0.503. The molecule has 0 aromatic heterocycles. The fourth-order valence-corrected chi connectivity index (χ4v) is 7.33. The molecule has 3 aromatic rings. The molecule has 0 unspecified atom stereocenters. The van der Waals surface area contributed by atoms with Gasteiger partial charge >= 0.3 is 0 Å². The first kappa shape index (κ1) is 19.0. The Kier molecular flexibility index (Phi) is 3.65. The van der Waals surface area contributed by atoms with Crippen molar-refractivity contribution >= 4 is 29.0 Å². The van der Waals surface area contributed by atoms with Gasteiger partial charge in [0.1, 0.15) is 0 Å². The number of para-hydroxylation sites is 1. The molecular weight excluding hydrogens is 400 g/mol. The first-order valence-electron chi connectivity index (χ1n) is 10.9. The first-order valence-corrected chi connectivity index (χ1v) is 11.7. The molecule has 0 aliphatic carbocycles. The third-order valence-electron chi connectivity index (χ3n) is 7.22. The number of benzene rings is 3. The van der Waals surface area contributed by atoms with Crippen molar-refractivity contribution in [2.45, 2.75) is 54.8 Å². The first-order chi connectivity index (χ1) is 14.8. The maximum Gasteiger partial charge on any atom is 0.268 e.